The molecule has 0 amide bonds. The average Bonchev–Trinajstić information content (AvgIpc) is 2.06. The van der Waals surface area contributed by atoms with Crippen molar-refractivity contribution in [3.05, 3.63) is 0 Å². The van der Waals surface area contributed by atoms with Crippen molar-refractivity contribution in [1.82, 2.24) is 4.90 Å². The molecule has 0 aromatic heterocycles. The molecule has 1 heteroatoms. The Morgan fingerprint density at radius 1 is 1.27 bits per heavy atom. The second-order valence-electron chi connectivity index (χ2n) is 4.07. The largest absolute Gasteiger partial charge is 0.297 e. The van der Waals surface area contributed by atoms with E-state index in [-0.39, 0.29) is 0 Å². The zero-order valence-electron chi connectivity index (χ0n) is 7.55. The Kier molecular flexibility index (Phi) is 2.17. The Labute approximate surface area is 69.8 Å². The molecule has 2 unspecified atom stereocenters. The van der Waals surface area contributed by atoms with Crippen LogP contribution in [0.5, 0.6) is 0 Å². The maximum Gasteiger partial charge on any atom is 0.0113 e. The Bertz CT molecular complexity index is 119. The minimum atomic E-state index is 1.00. The van der Waals surface area contributed by atoms with Gasteiger partial charge in [-0.05, 0) is 32.2 Å². The fourth-order valence-electron chi connectivity index (χ4n) is 2.61. The standard InChI is InChI=1S/C10H19N/c1-2-3-7-11-9-5-4-6-10(11)8-9/h9-10H,2-8H2,1H3. The van der Waals surface area contributed by atoms with E-state index in [2.05, 4.69) is 11.8 Å². The molecule has 3 rings (SSSR count). The topological polar surface area (TPSA) is 3.24 Å². The maximum atomic E-state index is 2.74. The first kappa shape index (κ1) is 7.60. The summed E-state index contributed by atoms with van der Waals surface area (Å²) in [5, 5.41) is 0. The van der Waals surface area contributed by atoms with Crippen molar-refractivity contribution in [2.24, 2.45) is 0 Å². The first-order valence-electron chi connectivity index (χ1n) is 5.17. The van der Waals surface area contributed by atoms with Crippen LogP contribution in [0.2, 0.25) is 0 Å². The molecule has 11 heavy (non-hydrogen) atoms. The number of hydrogen-bond acceptors (Lipinski definition) is 1. The first-order valence-corrected chi connectivity index (χ1v) is 5.17. The lowest BCUT2D eigenvalue weighted by Gasteiger charge is -2.53. The summed E-state index contributed by atoms with van der Waals surface area (Å²) < 4.78 is 0. The molecule has 1 aliphatic carbocycles. The molecule has 0 radical (unpaired) electrons. The third-order valence-electron chi connectivity index (χ3n) is 3.33. The highest BCUT2D eigenvalue weighted by atomic mass is 15.3. The Morgan fingerprint density at radius 3 is 2.55 bits per heavy atom. The van der Waals surface area contributed by atoms with Crippen LogP contribution in [0.1, 0.15) is 45.4 Å². The molecule has 3 aliphatic rings. The normalized spacial score (nSPS) is 36.8. The van der Waals surface area contributed by atoms with Crippen molar-refractivity contribution in [2.75, 3.05) is 6.54 Å². The number of rotatable bonds is 3. The summed E-state index contributed by atoms with van der Waals surface area (Å²) in [5.74, 6) is 0. The first-order chi connectivity index (χ1) is 5.42. The Balaban J connectivity index is 1.77. The third-order valence-corrected chi connectivity index (χ3v) is 3.33. The Hall–Kier alpha value is -0.0400. The number of nitrogens with zero attached hydrogens (tertiary/aromatic N) is 1. The molecular weight excluding hydrogens is 134 g/mol. The smallest absolute Gasteiger partial charge is 0.0113 e. The number of fused-ring (bicyclic) bond motifs is 2. The van der Waals surface area contributed by atoms with Gasteiger partial charge in [-0.1, -0.05) is 19.8 Å². The zero-order valence-corrected chi connectivity index (χ0v) is 7.55. The SMILES string of the molecule is CCCCN1C2CCCC1C2. The highest BCUT2D eigenvalue weighted by Crippen LogP contribution is 2.37. The van der Waals surface area contributed by atoms with Gasteiger partial charge >= 0.3 is 0 Å². The van der Waals surface area contributed by atoms with Crippen LogP contribution in [-0.4, -0.2) is 23.5 Å². The molecule has 2 aliphatic heterocycles. The third kappa shape index (κ3) is 1.31. The van der Waals surface area contributed by atoms with Crippen LogP contribution in [0.3, 0.4) is 0 Å². The van der Waals surface area contributed by atoms with Gasteiger partial charge in [0.1, 0.15) is 0 Å². The molecule has 0 N–H and O–H groups in total. The van der Waals surface area contributed by atoms with Gasteiger partial charge in [-0.3, -0.25) is 4.90 Å². The minimum absolute atomic E-state index is 1.00. The summed E-state index contributed by atoms with van der Waals surface area (Å²) in [6.45, 7) is 3.67. The van der Waals surface area contributed by atoms with Crippen LogP contribution < -0.4 is 0 Å². The van der Waals surface area contributed by atoms with Crippen molar-refractivity contribution >= 4 is 0 Å². The van der Waals surface area contributed by atoms with Crippen LogP contribution in [0.15, 0.2) is 0 Å². The van der Waals surface area contributed by atoms with Gasteiger partial charge in [0.25, 0.3) is 0 Å². The molecule has 0 aromatic rings. The van der Waals surface area contributed by atoms with E-state index in [1.165, 1.54) is 45.1 Å². The summed E-state index contributed by atoms with van der Waals surface area (Å²) in [7, 11) is 0. The van der Waals surface area contributed by atoms with Crippen LogP contribution in [0.25, 0.3) is 0 Å². The zero-order chi connectivity index (χ0) is 7.68. The lowest BCUT2D eigenvalue weighted by atomic mass is 9.79. The molecule has 1 nitrogen and oxygen atoms in total. The molecule has 1 saturated carbocycles. The highest BCUT2D eigenvalue weighted by Gasteiger charge is 2.40. The lowest BCUT2D eigenvalue weighted by Crippen LogP contribution is -2.58. The quantitative estimate of drug-likeness (QED) is 0.602. The van der Waals surface area contributed by atoms with Gasteiger partial charge < -0.3 is 0 Å². The van der Waals surface area contributed by atoms with E-state index in [0.717, 1.165) is 12.1 Å². The van der Waals surface area contributed by atoms with Gasteiger partial charge in [-0.15, -0.1) is 0 Å². The second-order valence-corrected chi connectivity index (χ2v) is 4.07. The molecule has 2 heterocycles. The Morgan fingerprint density at radius 2 is 2.00 bits per heavy atom. The van der Waals surface area contributed by atoms with Crippen molar-refractivity contribution in [3.8, 4) is 0 Å². The minimum Gasteiger partial charge on any atom is -0.297 e. The average molecular weight is 153 g/mol. The number of unbranched alkanes of at least 4 members (excludes halogenated alkanes) is 1. The second kappa shape index (κ2) is 3.14. The molecule has 2 bridgehead atoms. The molecule has 0 spiro atoms. The summed E-state index contributed by atoms with van der Waals surface area (Å²) in [4.78, 5) is 2.74. The lowest BCUT2D eigenvalue weighted by molar-refractivity contribution is -0.0275. The van der Waals surface area contributed by atoms with E-state index < -0.39 is 0 Å². The molecule has 0 aromatic carbocycles. The summed E-state index contributed by atoms with van der Waals surface area (Å²) >= 11 is 0. The van der Waals surface area contributed by atoms with Crippen LogP contribution in [0, 0.1) is 0 Å². The van der Waals surface area contributed by atoms with E-state index in [1.54, 1.807) is 0 Å². The predicted molar refractivity (Wildman–Crippen MR) is 47.7 cm³/mol. The maximum absolute atomic E-state index is 2.74. The van der Waals surface area contributed by atoms with Crippen molar-refractivity contribution in [1.29, 1.82) is 0 Å². The van der Waals surface area contributed by atoms with Crippen molar-refractivity contribution in [3.63, 3.8) is 0 Å². The summed E-state index contributed by atoms with van der Waals surface area (Å²) in [5.41, 5.74) is 0. The predicted octanol–water partition coefficient (Wildman–Crippen LogP) is 2.41. The van der Waals surface area contributed by atoms with Crippen LogP contribution in [0.4, 0.5) is 0 Å². The van der Waals surface area contributed by atoms with E-state index in [4.69, 9.17) is 0 Å². The summed E-state index contributed by atoms with van der Waals surface area (Å²) in [6.07, 6.45) is 8.76. The van der Waals surface area contributed by atoms with E-state index in [0.29, 0.717) is 0 Å². The van der Waals surface area contributed by atoms with Crippen molar-refractivity contribution < 1.29 is 0 Å². The van der Waals surface area contributed by atoms with Gasteiger partial charge in [-0.25, -0.2) is 0 Å². The highest BCUT2D eigenvalue weighted by molar-refractivity contribution is 4.96. The monoisotopic (exact) mass is 153 g/mol. The number of piperidine rings is 1. The van der Waals surface area contributed by atoms with E-state index >= 15 is 0 Å². The summed E-state index contributed by atoms with van der Waals surface area (Å²) in [6, 6.07) is 2.00. The van der Waals surface area contributed by atoms with Crippen molar-refractivity contribution in [2.45, 2.75) is 57.5 Å². The fourth-order valence-corrected chi connectivity index (χ4v) is 2.61. The van der Waals surface area contributed by atoms with E-state index in [9.17, 15) is 0 Å². The molecule has 2 saturated heterocycles. The number of hydrogen-bond donors (Lipinski definition) is 0. The van der Waals surface area contributed by atoms with Gasteiger partial charge in [0.2, 0.25) is 0 Å². The molecule has 2 atom stereocenters. The molecule has 64 valence electrons. The van der Waals surface area contributed by atoms with Gasteiger partial charge in [0, 0.05) is 12.1 Å². The molecule has 3 fully saturated rings. The van der Waals surface area contributed by atoms with E-state index in [1.807, 2.05) is 0 Å². The molecular formula is C10H19N. The van der Waals surface area contributed by atoms with Gasteiger partial charge in [-0.2, -0.15) is 0 Å². The van der Waals surface area contributed by atoms with Gasteiger partial charge in [0.15, 0.2) is 0 Å². The van der Waals surface area contributed by atoms with Crippen LogP contribution >= 0.6 is 0 Å². The fraction of sp³-hybridized carbons (Fsp3) is 1.00. The van der Waals surface area contributed by atoms with Gasteiger partial charge in [0.05, 0.1) is 0 Å². The van der Waals surface area contributed by atoms with Crippen LogP contribution in [-0.2, 0) is 0 Å².